The number of aryl methyl sites for hydroxylation is 1. The highest BCUT2D eigenvalue weighted by Gasteiger charge is 2.51. The van der Waals surface area contributed by atoms with E-state index in [1.165, 1.54) is 11.0 Å². The summed E-state index contributed by atoms with van der Waals surface area (Å²) in [5.41, 5.74) is 1.16. The lowest BCUT2D eigenvalue weighted by atomic mass is 9.93. The van der Waals surface area contributed by atoms with E-state index >= 15 is 0 Å². The van der Waals surface area contributed by atoms with Gasteiger partial charge in [0.15, 0.2) is 5.82 Å². The van der Waals surface area contributed by atoms with Gasteiger partial charge in [-0.15, -0.1) is 0 Å². The first-order valence-corrected chi connectivity index (χ1v) is 15.3. The molecule has 0 saturated heterocycles. The maximum Gasteiger partial charge on any atom is 0.273 e. The molecule has 0 bridgehead atoms. The zero-order valence-electron chi connectivity index (χ0n) is 32.8. The van der Waals surface area contributed by atoms with Crippen molar-refractivity contribution in [2.24, 2.45) is 4.99 Å². The maximum atomic E-state index is 13.7. The van der Waals surface area contributed by atoms with E-state index < -0.39 is 53.3 Å². The van der Waals surface area contributed by atoms with Gasteiger partial charge in [0.1, 0.15) is 17.1 Å². The van der Waals surface area contributed by atoms with Crippen LogP contribution in [0.15, 0.2) is 56.9 Å². The first kappa shape index (κ1) is 20.4. The third-order valence-electron chi connectivity index (χ3n) is 7.87. The summed E-state index contributed by atoms with van der Waals surface area (Å²) in [5, 5.41) is 3.82. The van der Waals surface area contributed by atoms with E-state index in [0.29, 0.717) is 53.0 Å². The topological polar surface area (TPSA) is 114 Å². The van der Waals surface area contributed by atoms with E-state index in [4.69, 9.17) is 21.6 Å². The zero-order valence-corrected chi connectivity index (χ0v) is 24.6. The number of amides is 1. The summed E-state index contributed by atoms with van der Waals surface area (Å²) >= 11 is 0. The van der Waals surface area contributed by atoms with Crippen LogP contribution in [0.2, 0.25) is 0 Å². The molecule has 224 valence electrons. The highest BCUT2D eigenvalue weighted by atomic mass is 32.2. The number of carbonyl (C=O) groups is 1. The van der Waals surface area contributed by atoms with Gasteiger partial charge in [0, 0.05) is 43.0 Å². The van der Waals surface area contributed by atoms with Gasteiger partial charge in [-0.3, -0.25) is 9.52 Å². The lowest BCUT2D eigenvalue weighted by molar-refractivity contribution is -0.125. The fraction of sp³-hybridized carbons (Fsp3) is 0.469. The van der Waals surface area contributed by atoms with Crippen LogP contribution in [0.3, 0.4) is 0 Å². The van der Waals surface area contributed by atoms with Crippen molar-refractivity contribution in [3.8, 4) is 11.1 Å². The van der Waals surface area contributed by atoms with Crippen molar-refractivity contribution in [2.75, 3.05) is 11.3 Å². The summed E-state index contributed by atoms with van der Waals surface area (Å²) in [4.78, 5) is 18.8. The Labute approximate surface area is 261 Å². The molecule has 1 amide bonds. The smallest absolute Gasteiger partial charge is 0.273 e. The van der Waals surface area contributed by atoms with Crippen molar-refractivity contribution in [2.45, 2.75) is 96.0 Å². The summed E-state index contributed by atoms with van der Waals surface area (Å²) in [6, 6.07) is 11.4. The van der Waals surface area contributed by atoms with Crippen LogP contribution in [-0.4, -0.2) is 42.4 Å². The van der Waals surface area contributed by atoms with E-state index in [9.17, 15) is 13.2 Å². The molecule has 1 spiro atoms. The van der Waals surface area contributed by atoms with Crippen molar-refractivity contribution in [3.05, 3.63) is 64.9 Å². The van der Waals surface area contributed by atoms with Gasteiger partial charge in [0.25, 0.3) is 15.9 Å². The molecule has 10 heteroatoms. The Balaban J connectivity index is 1.58. The van der Waals surface area contributed by atoms with Crippen LogP contribution in [-0.2, 0) is 32.7 Å². The molecule has 5 rings (SSSR count). The lowest BCUT2D eigenvalue weighted by Gasteiger charge is -2.36. The monoisotopic (exact) mass is 601 g/mol. The van der Waals surface area contributed by atoms with Crippen LogP contribution >= 0.6 is 0 Å². The molecule has 0 unspecified atom stereocenters. The van der Waals surface area contributed by atoms with Crippen LogP contribution in [0, 0.1) is 13.8 Å². The fourth-order valence-corrected chi connectivity index (χ4v) is 6.85. The summed E-state index contributed by atoms with van der Waals surface area (Å²) in [6.45, 7) is 1.83. The first-order chi connectivity index (χ1) is 23.6. The number of amidine groups is 1. The molecule has 1 aromatic heterocycles. The minimum atomic E-state index is -4.17. The Bertz CT molecular complexity index is 1960. The molecule has 2 aromatic carbocycles. The number of aliphatic imine (C=N–C) groups is 1. The van der Waals surface area contributed by atoms with E-state index in [2.05, 4.69) is 14.9 Å². The summed E-state index contributed by atoms with van der Waals surface area (Å²) in [7, 11) is -4.17. The minimum absolute atomic E-state index is 0.0426. The fourth-order valence-electron chi connectivity index (χ4n) is 5.57. The van der Waals surface area contributed by atoms with Crippen molar-refractivity contribution in [1.82, 2.24) is 10.1 Å². The van der Waals surface area contributed by atoms with Gasteiger partial charge in [0.05, 0.1) is 11.5 Å². The zero-order chi connectivity index (χ0) is 37.8. The quantitative estimate of drug-likeness (QED) is 0.251. The van der Waals surface area contributed by atoms with Gasteiger partial charge in [-0.25, -0.2) is 8.42 Å². The largest absolute Gasteiger partial charge is 0.377 e. The van der Waals surface area contributed by atoms with Gasteiger partial charge in [-0.2, -0.15) is 4.99 Å². The number of benzene rings is 2. The molecule has 3 aromatic rings. The Kier molecular flexibility index (Phi) is 6.02. The lowest BCUT2D eigenvalue weighted by Crippen LogP contribution is -2.49. The highest BCUT2D eigenvalue weighted by molar-refractivity contribution is 7.92. The number of sulfonamides is 1. The Morgan fingerprint density at radius 3 is 2.67 bits per heavy atom. The van der Waals surface area contributed by atoms with Crippen LogP contribution in [0.4, 0.5) is 5.82 Å². The van der Waals surface area contributed by atoms with Crippen molar-refractivity contribution in [3.63, 3.8) is 0 Å². The maximum absolute atomic E-state index is 13.7. The average molecular weight is 602 g/mol. The van der Waals surface area contributed by atoms with E-state index in [1.807, 2.05) is 0 Å². The number of aromatic nitrogens is 1. The van der Waals surface area contributed by atoms with Gasteiger partial charge in [0.2, 0.25) is 0 Å². The third-order valence-corrected chi connectivity index (χ3v) is 9.27. The van der Waals surface area contributed by atoms with Crippen LogP contribution in [0.5, 0.6) is 0 Å². The van der Waals surface area contributed by atoms with Gasteiger partial charge < -0.3 is 14.2 Å². The average Bonchev–Trinajstić information content (AvgIpc) is 3.75. The molecule has 1 fully saturated rings. The summed E-state index contributed by atoms with van der Waals surface area (Å²) in [5.74, 6) is -0.853. The molecule has 0 atom stereocenters. The second-order valence-corrected chi connectivity index (χ2v) is 12.0. The Hall–Kier alpha value is -3.50. The second-order valence-electron chi connectivity index (χ2n) is 10.4. The molecular formula is C32H40N4O5S. The second kappa shape index (κ2) is 12.4. The molecule has 1 N–H and O–H groups in total. The van der Waals surface area contributed by atoms with E-state index in [-0.39, 0.29) is 36.7 Å². The van der Waals surface area contributed by atoms with E-state index in [0.717, 1.165) is 0 Å². The number of ether oxygens (including phenoxy) is 1. The predicted molar refractivity (Wildman–Crippen MR) is 163 cm³/mol. The van der Waals surface area contributed by atoms with Crippen molar-refractivity contribution < 1.29 is 34.8 Å². The van der Waals surface area contributed by atoms with Crippen molar-refractivity contribution >= 4 is 27.6 Å². The highest BCUT2D eigenvalue weighted by Crippen LogP contribution is 2.42. The standard InChI is InChI=1S/C32H40N4O5S/c1-5-7-14-29-33-31(37)32(17-10-11-18-32)36(29)20-24-15-16-26(25(19-24)21-40-6-2)27-12-8-9-13-28(27)42(38,39)35-30-22(3)23(4)41-34-30/h8-9,12-13,15-16,19H,5-7,10-11,14,17-18,20-21H2,1-4H3,(H,34,35)/i1D3,5D2,7D2,14D2. The number of hydrogen-bond donors (Lipinski definition) is 1. The van der Waals surface area contributed by atoms with E-state index in [1.54, 1.807) is 57.2 Å². The minimum Gasteiger partial charge on any atom is -0.377 e. The molecule has 1 aliphatic carbocycles. The van der Waals surface area contributed by atoms with Crippen LogP contribution in [0.25, 0.3) is 11.1 Å². The number of anilines is 1. The number of rotatable bonds is 12. The normalized spacial score (nSPS) is 20.9. The molecule has 2 aliphatic rings. The van der Waals surface area contributed by atoms with Gasteiger partial charge >= 0.3 is 0 Å². The van der Waals surface area contributed by atoms with Gasteiger partial charge in [-0.05, 0) is 62.7 Å². The Morgan fingerprint density at radius 1 is 1.17 bits per heavy atom. The predicted octanol–water partition coefficient (Wildman–Crippen LogP) is 6.54. The molecular weight excluding hydrogens is 552 g/mol. The molecule has 42 heavy (non-hydrogen) atoms. The SMILES string of the molecule is [2H]C([2H])([2H])C([2H])([2H])C([2H])([2H])C([2H])([2H])C1=NC(=O)C2(CCCC2)N1Cc1ccc(-c2ccccc2S(=O)(=O)Nc2noc(C)c2C)c(COCC)c1. The molecule has 9 nitrogen and oxygen atoms in total. The molecule has 1 saturated carbocycles. The molecule has 0 radical (unpaired) electrons. The van der Waals surface area contributed by atoms with Gasteiger partial charge in [-0.1, -0.05) is 67.6 Å². The summed E-state index contributed by atoms with van der Waals surface area (Å²) in [6.07, 6.45) is -8.83. The van der Waals surface area contributed by atoms with Crippen molar-refractivity contribution in [1.29, 1.82) is 0 Å². The summed E-state index contributed by atoms with van der Waals surface area (Å²) < 4.78 is 115. The Morgan fingerprint density at radius 2 is 1.95 bits per heavy atom. The number of hydrogen-bond acceptors (Lipinski definition) is 7. The number of nitrogens with one attached hydrogen (secondary N) is 1. The molecule has 1 aliphatic heterocycles. The third kappa shape index (κ3) is 5.74. The number of nitrogens with zero attached hydrogens (tertiary/aromatic N) is 3. The molecule has 2 heterocycles. The van der Waals surface area contributed by atoms with Crippen LogP contribution in [0.1, 0.15) is 93.4 Å². The number of carbonyl (C=O) groups excluding carboxylic acids is 1. The first-order valence-electron chi connectivity index (χ1n) is 18.3. The van der Waals surface area contributed by atoms with Crippen LogP contribution < -0.4 is 4.72 Å².